The first-order chi connectivity index (χ1) is 10.8. The van der Waals surface area contributed by atoms with Crippen LogP contribution < -0.4 is 5.32 Å². The molecule has 0 radical (unpaired) electrons. The number of carbonyl (C=O) groups excluding carboxylic acids is 1. The second-order valence-electron chi connectivity index (χ2n) is 5.82. The second kappa shape index (κ2) is 6.86. The molecule has 0 saturated carbocycles. The average Bonchev–Trinajstić information content (AvgIpc) is 2.47. The Morgan fingerprint density at radius 1 is 1.00 bits per heavy atom. The Hall–Kier alpha value is -2.30. The topological polar surface area (TPSA) is 29.1 Å². The van der Waals surface area contributed by atoms with Crippen molar-refractivity contribution in [1.29, 1.82) is 0 Å². The predicted molar refractivity (Wildman–Crippen MR) is 84.4 cm³/mol. The zero-order valence-electron chi connectivity index (χ0n) is 12.9. The standard InChI is InChI=1S/C18H18F3NO/c1-12(2)11-13-3-5-14(6-4-13)17(23)22-16-9-7-15(8-10-16)18(19,20)21/h3-10,12H,11H2,1-2H3,(H,22,23). The smallest absolute Gasteiger partial charge is 0.322 e. The van der Waals surface area contributed by atoms with E-state index in [1.165, 1.54) is 12.1 Å². The van der Waals surface area contributed by atoms with E-state index < -0.39 is 11.7 Å². The first-order valence-electron chi connectivity index (χ1n) is 7.33. The van der Waals surface area contributed by atoms with E-state index in [9.17, 15) is 18.0 Å². The quantitative estimate of drug-likeness (QED) is 0.828. The highest BCUT2D eigenvalue weighted by Crippen LogP contribution is 2.29. The number of rotatable bonds is 4. The molecule has 0 heterocycles. The summed E-state index contributed by atoms with van der Waals surface area (Å²) in [6, 6.07) is 11.6. The van der Waals surface area contributed by atoms with E-state index in [0.717, 1.165) is 24.1 Å². The van der Waals surface area contributed by atoms with Crippen molar-refractivity contribution in [3.8, 4) is 0 Å². The number of nitrogens with one attached hydrogen (secondary N) is 1. The summed E-state index contributed by atoms with van der Waals surface area (Å²) in [6.07, 6.45) is -3.45. The molecule has 2 nitrogen and oxygen atoms in total. The summed E-state index contributed by atoms with van der Waals surface area (Å²) >= 11 is 0. The van der Waals surface area contributed by atoms with Crippen molar-refractivity contribution in [2.75, 3.05) is 5.32 Å². The molecule has 0 aliphatic carbocycles. The summed E-state index contributed by atoms with van der Waals surface area (Å²) in [4.78, 5) is 12.1. The molecule has 0 spiro atoms. The van der Waals surface area contributed by atoms with Crippen molar-refractivity contribution in [3.63, 3.8) is 0 Å². The highest BCUT2D eigenvalue weighted by molar-refractivity contribution is 6.04. The molecule has 0 aliphatic heterocycles. The lowest BCUT2D eigenvalue weighted by molar-refractivity contribution is -0.137. The molecule has 2 aromatic carbocycles. The molecule has 0 unspecified atom stereocenters. The van der Waals surface area contributed by atoms with Gasteiger partial charge in [0, 0.05) is 11.3 Å². The Balaban J connectivity index is 2.04. The molecule has 0 aromatic heterocycles. The molecule has 122 valence electrons. The van der Waals surface area contributed by atoms with Gasteiger partial charge in [-0.2, -0.15) is 13.2 Å². The molecule has 0 saturated heterocycles. The van der Waals surface area contributed by atoms with Crippen LogP contribution in [0.4, 0.5) is 18.9 Å². The van der Waals surface area contributed by atoms with Gasteiger partial charge in [0.15, 0.2) is 0 Å². The minimum atomic E-state index is -4.38. The number of halogens is 3. The van der Waals surface area contributed by atoms with Gasteiger partial charge in [0.2, 0.25) is 0 Å². The third kappa shape index (κ3) is 4.84. The number of benzene rings is 2. The van der Waals surface area contributed by atoms with Crippen LogP contribution in [-0.2, 0) is 12.6 Å². The van der Waals surface area contributed by atoms with Gasteiger partial charge in [-0.1, -0.05) is 26.0 Å². The molecule has 2 rings (SSSR count). The van der Waals surface area contributed by atoms with Gasteiger partial charge in [0.25, 0.3) is 5.91 Å². The number of hydrogen-bond acceptors (Lipinski definition) is 1. The molecule has 1 amide bonds. The molecule has 0 bridgehead atoms. The fourth-order valence-corrected chi connectivity index (χ4v) is 2.21. The lowest BCUT2D eigenvalue weighted by Crippen LogP contribution is -2.12. The van der Waals surface area contributed by atoms with Crippen LogP contribution in [0.25, 0.3) is 0 Å². The van der Waals surface area contributed by atoms with Crippen molar-refractivity contribution in [2.45, 2.75) is 26.4 Å². The van der Waals surface area contributed by atoms with Gasteiger partial charge in [-0.15, -0.1) is 0 Å². The molecule has 2 aromatic rings. The first-order valence-corrected chi connectivity index (χ1v) is 7.33. The van der Waals surface area contributed by atoms with Gasteiger partial charge in [0.1, 0.15) is 0 Å². The molecular formula is C18H18F3NO. The van der Waals surface area contributed by atoms with E-state index in [1.54, 1.807) is 12.1 Å². The van der Waals surface area contributed by atoms with E-state index >= 15 is 0 Å². The van der Waals surface area contributed by atoms with Crippen molar-refractivity contribution >= 4 is 11.6 Å². The number of alkyl halides is 3. The fourth-order valence-electron chi connectivity index (χ4n) is 2.21. The van der Waals surface area contributed by atoms with Gasteiger partial charge in [-0.25, -0.2) is 0 Å². The largest absolute Gasteiger partial charge is 0.416 e. The van der Waals surface area contributed by atoms with Gasteiger partial charge >= 0.3 is 6.18 Å². The number of amides is 1. The Kier molecular flexibility index (Phi) is 5.08. The molecular weight excluding hydrogens is 303 g/mol. The summed E-state index contributed by atoms with van der Waals surface area (Å²) in [5.74, 6) is 0.183. The zero-order valence-corrected chi connectivity index (χ0v) is 12.9. The molecule has 5 heteroatoms. The maximum atomic E-state index is 12.5. The highest BCUT2D eigenvalue weighted by Gasteiger charge is 2.29. The molecule has 1 N–H and O–H groups in total. The highest BCUT2D eigenvalue weighted by atomic mass is 19.4. The van der Waals surface area contributed by atoms with Crippen LogP contribution in [0.2, 0.25) is 0 Å². The number of carbonyl (C=O) groups is 1. The maximum absolute atomic E-state index is 12.5. The van der Waals surface area contributed by atoms with E-state index in [-0.39, 0.29) is 5.91 Å². The fraction of sp³-hybridized carbons (Fsp3) is 0.278. The van der Waals surface area contributed by atoms with Crippen LogP contribution in [0, 0.1) is 5.92 Å². The Morgan fingerprint density at radius 3 is 2.04 bits per heavy atom. The summed E-state index contributed by atoms with van der Waals surface area (Å²) in [5, 5.41) is 2.59. The summed E-state index contributed by atoms with van der Waals surface area (Å²) in [6.45, 7) is 4.23. The van der Waals surface area contributed by atoms with Crippen molar-refractivity contribution in [2.24, 2.45) is 5.92 Å². The normalized spacial score (nSPS) is 11.6. The zero-order chi connectivity index (χ0) is 17.0. The van der Waals surface area contributed by atoms with Crippen LogP contribution >= 0.6 is 0 Å². The Bertz CT molecular complexity index is 658. The maximum Gasteiger partial charge on any atom is 0.416 e. The monoisotopic (exact) mass is 321 g/mol. The summed E-state index contributed by atoms with van der Waals surface area (Å²) in [5.41, 5.74) is 1.20. The van der Waals surface area contributed by atoms with Crippen molar-refractivity contribution in [1.82, 2.24) is 0 Å². The molecule has 0 aliphatic rings. The van der Waals surface area contributed by atoms with Gasteiger partial charge in [0.05, 0.1) is 5.56 Å². The van der Waals surface area contributed by atoms with Gasteiger partial charge in [-0.05, 0) is 54.3 Å². The number of hydrogen-bond donors (Lipinski definition) is 1. The van der Waals surface area contributed by atoms with Gasteiger partial charge in [-0.3, -0.25) is 4.79 Å². The first kappa shape index (κ1) is 17.1. The minimum absolute atomic E-state index is 0.328. The Morgan fingerprint density at radius 2 is 1.57 bits per heavy atom. The van der Waals surface area contributed by atoms with E-state index in [1.807, 2.05) is 12.1 Å². The van der Waals surface area contributed by atoms with Crippen LogP contribution in [0.3, 0.4) is 0 Å². The Labute approximate surface area is 133 Å². The average molecular weight is 321 g/mol. The van der Waals surface area contributed by atoms with E-state index in [2.05, 4.69) is 19.2 Å². The SMILES string of the molecule is CC(C)Cc1ccc(C(=O)Nc2ccc(C(F)(F)F)cc2)cc1. The summed E-state index contributed by atoms with van der Waals surface area (Å²) < 4.78 is 37.5. The van der Waals surface area contributed by atoms with E-state index in [4.69, 9.17) is 0 Å². The van der Waals surface area contributed by atoms with Crippen molar-refractivity contribution < 1.29 is 18.0 Å². The van der Waals surface area contributed by atoms with Crippen LogP contribution in [0.1, 0.15) is 35.3 Å². The lowest BCUT2D eigenvalue weighted by atomic mass is 10.0. The summed E-state index contributed by atoms with van der Waals surface area (Å²) in [7, 11) is 0. The lowest BCUT2D eigenvalue weighted by Gasteiger charge is -2.09. The van der Waals surface area contributed by atoms with Crippen LogP contribution in [0.15, 0.2) is 48.5 Å². The third-order valence-electron chi connectivity index (χ3n) is 3.33. The molecule has 0 fully saturated rings. The van der Waals surface area contributed by atoms with Gasteiger partial charge < -0.3 is 5.32 Å². The van der Waals surface area contributed by atoms with E-state index in [0.29, 0.717) is 17.2 Å². The number of anilines is 1. The second-order valence-corrected chi connectivity index (χ2v) is 5.82. The van der Waals surface area contributed by atoms with Crippen LogP contribution in [-0.4, -0.2) is 5.91 Å². The van der Waals surface area contributed by atoms with Crippen LogP contribution in [0.5, 0.6) is 0 Å². The third-order valence-corrected chi connectivity index (χ3v) is 3.33. The molecule has 23 heavy (non-hydrogen) atoms. The molecule has 0 atom stereocenters. The predicted octanol–water partition coefficient (Wildman–Crippen LogP) is 5.16. The van der Waals surface area contributed by atoms with Crippen molar-refractivity contribution in [3.05, 3.63) is 65.2 Å². The minimum Gasteiger partial charge on any atom is -0.322 e.